The van der Waals surface area contributed by atoms with E-state index in [0.717, 1.165) is 42.5 Å². The van der Waals surface area contributed by atoms with E-state index in [1.807, 2.05) is 37.3 Å². The van der Waals surface area contributed by atoms with Gasteiger partial charge in [-0.05, 0) is 68.0 Å². The third-order valence-corrected chi connectivity index (χ3v) is 5.62. The normalized spacial score (nSPS) is 19.3. The molecule has 0 unspecified atom stereocenters. The molecule has 1 saturated carbocycles. The Balaban J connectivity index is 1.47. The van der Waals surface area contributed by atoms with Crippen LogP contribution < -0.4 is 10.6 Å². The molecule has 2 N–H and O–H groups in total. The van der Waals surface area contributed by atoms with Crippen molar-refractivity contribution in [2.24, 2.45) is 11.8 Å². The molecule has 1 aliphatic carbocycles. The molecule has 0 bridgehead atoms. The van der Waals surface area contributed by atoms with Crippen molar-refractivity contribution in [3.05, 3.63) is 58.9 Å². The first-order valence-electron chi connectivity index (χ1n) is 9.27. The van der Waals surface area contributed by atoms with Gasteiger partial charge in [0.05, 0.1) is 0 Å². The molecule has 1 aromatic carbocycles. The molecule has 0 atom stereocenters. The lowest BCUT2D eigenvalue weighted by atomic mass is 9.81. The van der Waals surface area contributed by atoms with Gasteiger partial charge in [0.25, 0.3) is 0 Å². The molecular formula is C21H24ClN3O2. The number of hydrogen-bond donors (Lipinski definition) is 2. The van der Waals surface area contributed by atoms with E-state index in [4.69, 9.17) is 11.6 Å². The second-order valence-electron chi connectivity index (χ2n) is 7.02. The van der Waals surface area contributed by atoms with Gasteiger partial charge in [0.1, 0.15) is 0 Å². The van der Waals surface area contributed by atoms with Gasteiger partial charge in [0.15, 0.2) is 0 Å². The van der Waals surface area contributed by atoms with E-state index >= 15 is 0 Å². The maximum atomic E-state index is 12.6. The number of amides is 2. The van der Waals surface area contributed by atoms with Crippen molar-refractivity contribution in [1.82, 2.24) is 10.3 Å². The lowest BCUT2D eigenvalue weighted by molar-refractivity contribution is -0.128. The van der Waals surface area contributed by atoms with E-state index in [1.54, 1.807) is 12.4 Å². The quantitative estimate of drug-likeness (QED) is 0.813. The number of carbonyl (C=O) groups is 2. The molecule has 6 heteroatoms. The van der Waals surface area contributed by atoms with Crippen LogP contribution in [0.25, 0.3) is 0 Å². The topological polar surface area (TPSA) is 71.1 Å². The minimum absolute atomic E-state index is 0.0102. The van der Waals surface area contributed by atoms with Crippen molar-refractivity contribution in [3.63, 3.8) is 0 Å². The first-order valence-corrected chi connectivity index (χ1v) is 9.65. The zero-order chi connectivity index (χ0) is 19.2. The summed E-state index contributed by atoms with van der Waals surface area (Å²) in [5, 5.41) is 6.61. The van der Waals surface area contributed by atoms with Crippen molar-refractivity contribution in [3.8, 4) is 0 Å². The van der Waals surface area contributed by atoms with E-state index in [9.17, 15) is 9.59 Å². The third kappa shape index (κ3) is 5.07. The molecule has 0 saturated heterocycles. The molecule has 27 heavy (non-hydrogen) atoms. The number of anilines is 1. The number of hydrogen-bond acceptors (Lipinski definition) is 3. The van der Waals surface area contributed by atoms with Gasteiger partial charge < -0.3 is 10.6 Å². The second kappa shape index (κ2) is 9.00. The zero-order valence-corrected chi connectivity index (χ0v) is 16.1. The lowest BCUT2D eigenvalue weighted by Gasteiger charge is -2.27. The van der Waals surface area contributed by atoms with Crippen molar-refractivity contribution < 1.29 is 9.59 Å². The average Bonchev–Trinajstić information content (AvgIpc) is 2.70. The van der Waals surface area contributed by atoms with Crippen LogP contribution in [0.2, 0.25) is 5.02 Å². The summed E-state index contributed by atoms with van der Waals surface area (Å²) in [4.78, 5) is 28.9. The Hall–Kier alpha value is -2.40. The first kappa shape index (κ1) is 19.4. The van der Waals surface area contributed by atoms with Gasteiger partial charge in [-0.25, -0.2) is 0 Å². The fraction of sp³-hybridized carbons (Fsp3) is 0.381. The van der Waals surface area contributed by atoms with Crippen molar-refractivity contribution in [1.29, 1.82) is 0 Å². The van der Waals surface area contributed by atoms with Crippen LogP contribution in [-0.4, -0.2) is 16.8 Å². The van der Waals surface area contributed by atoms with Crippen LogP contribution in [0, 0.1) is 18.8 Å². The van der Waals surface area contributed by atoms with Crippen molar-refractivity contribution in [2.45, 2.75) is 39.2 Å². The van der Waals surface area contributed by atoms with Crippen LogP contribution >= 0.6 is 11.6 Å². The molecule has 0 aliphatic heterocycles. The molecule has 5 nitrogen and oxygen atoms in total. The number of nitrogens with one attached hydrogen (secondary N) is 2. The summed E-state index contributed by atoms with van der Waals surface area (Å²) in [5.74, 6) is -0.0104. The summed E-state index contributed by atoms with van der Waals surface area (Å²) in [6.45, 7) is 2.40. The highest BCUT2D eigenvalue weighted by Gasteiger charge is 2.30. The van der Waals surface area contributed by atoms with Gasteiger partial charge >= 0.3 is 0 Å². The van der Waals surface area contributed by atoms with Crippen LogP contribution in [0.5, 0.6) is 0 Å². The predicted molar refractivity (Wildman–Crippen MR) is 106 cm³/mol. The van der Waals surface area contributed by atoms with Gasteiger partial charge in [0.2, 0.25) is 11.8 Å². The standard InChI is InChI=1S/C21H24ClN3O2/c1-14-18(22)3-2-4-19(14)25-21(27)17-7-5-16(6-8-17)20(26)24-13-15-9-11-23-12-10-15/h2-4,9-12,16-17H,5-8,13H2,1H3,(H,24,26)(H,25,27). The third-order valence-electron chi connectivity index (χ3n) is 5.21. The number of aromatic nitrogens is 1. The molecule has 1 heterocycles. The highest BCUT2D eigenvalue weighted by atomic mass is 35.5. The van der Waals surface area contributed by atoms with Crippen LogP contribution in [0.4, 0.5) is 5.69 Å². The number of halogens is 1. The number of nitrogens with zero attached hydrogens (tertiary/aromatic N) is 1. The predicted octanol–water partition coefficient (Wildman–Crippen LogP) is 4.10. The highest BCUT2D eigenvalue weighted by Crippen LogP contribution is 2.31. The van der Waals surface area contributed by atoms with E-state index in [0.29, 0.717) is 11.6 Å². The SMILES string of the molecule is Cc1c(Cl)cccc1NC(=O)C1CCC(C(=O)NCc2ccncc2)CC1. The molecule has 1 fully saturated rings. The summed E-state index contributed by atoms with van der Waals surface area (Å²) >= 11 is 6.11. The van der Waals surface area contributed by atoms with E-state index < -0.39 is 0 Å². The molecule has 1 aromatic heterocycles. The Kier molecular flexibility index (Phi) is 6.45. The second-order valence-corrected chi connectivity index (χ2v) is 7.43. The molecule has 2 amide bonds. The highest BCUT2D eigenvalue weighted by molar-refractivity contribution is 6.31. The Labute approximate surface area is 164 Å². The Bertz CT molecular complexity index is 802. The van der Waals surface area contributed by atoms with Crippen molar-refractivity contribution in [2.75, 3.05) is 5.32 Å². The maximum Gasteiger partial charge on any atom is 0.227 e. The number of rotatable bonds is 5. The van der Waals surface area contributed by atoms with Crippen LogP contribution in [-0.2, 0) is 16.1 Å². The van der Waals surface area contributed by atoms with Gasteiger partial charge in [-0.15, -0.1) is 0 Å². The Morgan fingerprint density at radius 3 is 2.33 bits per heavy atom. The molecule has 142 valence electrons. The number of pyridine rings is 1. The van der Waals surface area contributed by atoms with Crippen LogP contribution in [0.1, 0.15) is 36.8 Å². The largest absolute Gasteiger partial charge is 0.352 e. The van der Waals surface area contributed by atoms with E-state index in [2.05, 4.69) is 15.6 Å². The zero-order valence-electron chi connectivity index (χ0n) is 15.4. The molecule has 2 aromatic rings. The van der Waals surface area contributed by atoms with E-state index in [-0.39, 0.29) is 23.7 Å². The molecule has 0 spiro atoms. The monoisotopic (exact) mass is 385 g/mol. The maximum absolute atomic E-state index is 12.6. The van der Waals surface area contributed by atoms with Gasteiger partial charge in [-0.3, -0.25) is 14.6 Å². The van der Waals surface area contributed by atoms with Gasteiger partial charge in [-0.2, -0.15) is 0 Å². The van der Waals surface area contributed by atoms with Crippen LogP contribution in [0.15, 0.2) is 42.7 Å². The summed E-state index contributed by atoms with van der Waals surface area (Å²) in [6, 6.07) is 9.27. The Morgan fingerprint density at radius 2 is 1.67 bits per heavy atom. The van der Waals surface area contributed by atoms with Gasteiger partial charge in [-0.1, -0.05) is 17.7 Å². The smallest absolute Gasteiger partial charge is 0.227 e. The number of carbonyl (C=O) groups excluding carboxylic acids is 2. The molecular weight excluding hydrogens is 362 g/mol. The first-order chi connectivity index (χ1) is 13.0. The molecule has 1 aliphatic rings. The summed E-state index contributed by atoms with van der Waals surface area (Å²) in [7, 11) is 0. The molecule has 3 rings (SSSR count). The summed E-state index contributed by atoms with van der Waals surface area (Å²) < 4.78 is 0. The molecule has 0 radical (unpaired) electrons. The fourth-order valence-corrected chi connectivity index (χ4v) is 3.60. The lowest BCUT2D eigenvalue weighted by Crippen LogP contribution is -2.35. The average molecular weight is 386 g/mol. The fourth-order valence-electron chi connectivity index (χ4n) is 3.43. The van der Waals surface area contributed by atoms with E-state index in [1.165, 1.54) is 0 Å². The minimum Gasteiger partial charge on any atom is -0.352 e. The van der Waals surface area contributed by atoms with Crippen LogP contribution in [0.3, 0.4) is 0 Å². The minimum atomic E-state index is -0.0624. The van der Waals surface area contributed by atoms with Crippen molar-refractivity contribution >= 4 is 29.1 Å². The van der Waals surface area contributed by atoms with Gasteiger partial charge in [0, 0.05) is 41.5 Å². The Morgan fingerprint density at radius 1 is 1.04 bits per heavy atom. The summed E-state index contributed by atoms with van der Waals surface area (Å²) in [5.41, 5.74) is 2.66. The summed E-state index contributed by atoms with van der Waals surface area (Å²) in [6.07, 6.45) is 6.33. The number of benzene rings is 1.